The van der Waals surface area contributed by atoms with Crippen LogP contribution in [0.5, 0.6) is 0 Å². The molecule has 0 atom stereocenters. The van der Waals surface area contributed by atoms with Gasteiger partial charge in [0.25, 0.3) is 17.2 Å². The maximum atomic E-state index is 14.0. The molecule has 0 aliphatic carbocycles. The number of pyridine rings is 1. The molecule has 3 rings (SSSR count). The quantitative estimate of drug-likeness (QED) is 0.519. The van der Waals surface area contributed by atoms with Gasteiger partial charge in [-0.2, -0.15) is 0 Å². The van der Waals surface area contributed by atoms with Crippen LogP contribution < -0.4 is 10.9 Å². The lowest BCUT2D eigenvalue weighted by Gasteiger charge is -2.11. The van der Waals surface area contributed by atoms with E-state index in [0.717, 1.165) is 0 Å². The van der Waals surface area contributed by atoms with Gasteiger partial charge in [-0.25, -0.2) is 4.39 Å². The maximum absolute atomic E-state index is 14.0. The van der Waals surface area contributed by atoms with E-state index in [1.54, 1.807) is 0 Å². The molecular formula is C19H13ClFN3O4. The zero-order chi connectivity index (χ0) is 20.3. The van der Waals surface area contributed by atoms with Gasteiger partial charge in [-0.05, 0) is 30.3 Å². The van der Waals surface area contributed by atoms with Gasteiger partial charge in [0.05, 0.1) is 17.0 Å². The summed E-state index contributed by atoms with van der Waals surface area (Å²) in [4.78, 5) is 34.6. The van der Waals surface area contributed by atoms with Gasteiger partial charge in [-0.15, -0.1) is 0 Å². The molecule has 9 heteroatoms. The van der Waals surface area contributed by atoms with Crippen LogP contribution in [0.1, 0.15) is 15.9 Å². The van der Waals surface area contributed by atoms with Crippen LogP contribution in [0.15, 0.2) is 65.6 Å². The van der Waals surface area contributed by atoms with E-state index in [4.69, 9.17) is 11.6 Å². The summed E-state index contributed by atoms with van der Waals surface area (Å²) >= 11 is 5.99. The van der Waals surface area contributed by atoms with Gasteiger partial charge in [-0.1, -0.05) is 17.7 Å². The Kier molecular flexibility index (Phi) is 5.51. The molecule has 0 bridgehead atoms. The summed E-state index contributed by atoms with van der Waals surface area (Å²) in [6.07, 6.45) is 1.30. The molecule has 0 saturated heterocycles. The van der Waals surface area contributed by atoms with Crippen molar-refractivity contribution in [2.45, 2.75) is 6.54 Å². The number of nitrogens with one attached hydrogen (secondary N) is 1. The SMILES string of the molecule is O=C(Nc1ccc([N+](=O)[O-])cc1)c1ccc(=O)n(Cc2c(F)cccc2Cl)c1. The molecule has 1 N–H and O–H groups in total. The lowest BCUT2D eigenvalue weighted by molar-refractivity contribution is -0.384. The summed E-state index contributed by atoms with van der Waals surface area (Å²) in [6.45, 7) is -0.136. The normalized spacial score (nSPS) is 10.5. The molecule has 0 saturated carbocycles. The predicted molar refractivity (Wildman–Crippen MR) is 102 cm³/mol. The van der Waals surface area contributed by atoms with Gasteiger partial charge in [0.15, 0.2) is 0 Å². The minimum atomic E-state index is -0.555. The summed E-state index contributed by atoms with van der Waals surface area (Å²) in [6, 6.07) is 12.0. The molecule has 0 unspecified atom stereocenters. The van der Waals surface area contributed by atoms with Crippen molar-refractivity contribution in [2.24, 2.45) is 0 Å². The van der Waals surface area contributed by atoms with E-state index in [0.29, 0.717) is 5.69 Å². The first-order valence-corrected chi connectivity index (χ1v) is 8.42. The van der Waals surface area contributed by atoms with Crippen LogP contribution in [-0.4, -0.2) is 15.4 Å². The van der Waals surface area contributed by atoms with Crippen LogP contribution in [0, 0.1) is 15.9 Å². The summed E-state index contributed by atoms with van der Waals surface area (Å²) < 4.78 is 15.2. The van der Waals surface area contributed by atoms with Gasteiger partial charge in [0.1, 0.15) is 5.82 Å². The summed E-state index contributed by atoms with van der Waals surface area (Å²) in [5.74, 6) is -1.08. The minimum Gasteiger partial charge on any atom is -0.322 e. The Morgan fingerprint density at radius 3 is 2.50 bits per heavy atom. The van der Waals surface area contributed by atoms with Crippen LogP contribution in [0.2, 0.25) is 5.02 Å². The number of halogens is 2. The average molecular weight is 402 g/mol. The number of benzene rings is 2. The number of amides is 1. The molecular weight excluding hydrogens is 389 g/mol. The van der Waals surface area contributed by atoms with Crippen molar-refractivity contribution in [1.29, 1.82) is 0 Å². The van der Waals surface area contributed by atoms with E-state index in [1.165, 1.54) is 65.4 Å². The lowest BCUT2D eigenvalue weighted by atomic mass is 10.2. The third kappa shape index (κ3) is 4.24. The largest absolute Gasteiger partial charge is 0.322 e. The van der Waals surface area contributed by atoms with Crippen LogP contribution in [-0.2, 0) is 6.54 Å². The first-order valence-electron chi connectivity index (χ1n) is 8.04. The van der Waals surface area contributed by atoms with E-state index in [-0.39, 0.29) is 28.4 Å². The fourth-order valence-electron chi connectivity index (χ4n) is 2.51. The number of hydrogen-bond acceptors (Lipinski definition) is 4. The molecule has 0 fully saturated rings. The van der Waals surface area contributed by atoms with Crippen molar-refractivity contribution >= 4 is 28.9 Å². The molecule has 1 aromatic heterocycles. The highest BCUT2D eigenvalue weighted by atomic mass is 35.5. The predicted octanol–water partition coefficient (Wildman–Crippen LogP) is 3.85. The highest BCUT2D eigenvalue weighted by molar-refractivity contribution is 6.31. The average Bonchev–Trinajstić information content (AvgIpc) is 2.66. The third-order valence-corrected chi connectivity index (χ3v) is 4.33. The van der Waals surface area contributed by atoms with Crippen molar-refractivity contribution in [2.75, 3.05) is 5.32 Å². The van der Waals surface area contributed by atoms with E-state index in [9.17, 15) is 24.1 Å². The second kappa shape index (κ2) is 8.01. The molecule has 0 aliphatic rings. The van der Waals surface area contributed by atoms with E-state index in [1.807, 2.05) is 0 Å². The Morgan fingerprint density at radius 2 is 1.86 bits per heavy atom. The first kappa shape index (κ1) is 19.2. The number of rotatable bonds is 5. The van der Waals surface area contributed by atoms with Crippen LogP contribution in [0.25, 0.3) is 0 Å². The number of carbonyl (C=O) groups excluding carboxylic acids is 1. The van der Waals surface area contributed by atoms with Gasteiger partial charge in [-0.3, -0.25) is 19.7 Å². The number of anilines is 1. The Balaban J connectivity index is 1.83. The first-order chi connectivity index (χ1) is 13.3. The zero-order valence-electron chi connectivity index (χ0n) is 14.3. The number of aromatic nitrogens is 1. The molecule has 1 amide bonds. The second-order valence-electron chi connectivity index (χ2n) is 5.84. The number of nitro benzene ring substituents is 1. The lowest BCUT2D eigenvalue weighted by Crippen LogP contribution is -2.23. The zero-order valence-corrected chi connectivity index (χ0v) is 15.0. The topological polar surface area (TPSA) is 94.2 Å². The van der Waals surface area contributed by atoms with E-state index in [2.05, 4.69) is 5.32 Å². The Bertz CT molecular complexity index is 1090. The third-order valence-electron chi connectivity index (χ3n) is 3.97. The highest BCUT2D eigenvalue weighted by Crippen LogP contribution is 2.20. The minimum absolute atomic E-state index is 0.103. The number of hydrogen-bond donors (Lipinski definition) is 1. The summed E-state index contributed by atoms with van der Waals surface area (Å²) in [7, 11) is 0. The highest BCUT2D eigenvalue weighted by Gasteiger charge is 2.12. The van der Waals surface area contributed by atoms with Gasteiger partial charge >= 0.3 is 0 Å². The Morgan fingerprint density at radius 1 is 1.14 bits per heavy atom. The number of carbonyl (C=O) groups is 1. The fraction of sp³-hybridized carbons (Fsp3) is 0.0526. The van der Waals surface area contributed by atoms with Crippen molar-refractivity contribution < 1.29 is 14.1 Å². The van der Waals surface area contributed by atoms with Crippen molar-refractivity contribution in [3.8, 4) is 0 Å². The summed E-state index contributed by atoms with van der Waals surface area (Å²) in [5, 5.41) is 13.4. The van der Waals surface area contributed by atoms with Crippen molar-refractivity contribution in [1.82, 2.24) is 4.57 Å². The fourth-order valence-corrected chi connectivity index (χ4v) is 2.74. The molecule has 142 valence electrons. The van der Waals surface area contributed by atoms with E-state index >= 15 is 0 Å². The molecule has 2 aromatic carbocycles. The monoisotopic (exact) mass is 401 g/mol. The van der Waals surface area contributed by atoms with Gasteiger partial charge in [0, 0.05) is 40.7 Å². The van der Waals surface area contributed by atoms with Crippen molar-refractivity contribution in [3.63, 3.8) is 0 Å². The molecule has 0 aliphatic heterocycles. The molecule has 0 spiro atoms. The van der Waals surface area contributed by atoms with E-state index < -0.39 is 22.2 Å². The second-order valence-corrected chi connectivity index (χ2v) is 6.25. The Hall–Kier alpha value is -3.52. The van der Waals surface area contributed by atoms with Gasteiger partial charge < -0.3 is 9.88 Å². The smallest absolute Gasteiger partial charge is 0.269 e. The summed E-state index contributed by atoms with van der Waals surface area (Å²) in [5.41, 5.74) is 0.120. The number of nitrogens with zero attached hydrogens (tertiary/aromatic N) is 2. The van der Waals surface area contributed by atoms with Crippen LogP contribution >= 0.6 is 11.6 Å². The molecule has 3 aromatic rings. The van der Waals surface area contributed by atoms with Crippen LogP contribution in [0.3, 0.4) is 0 Å². The standard InChI is InChI=1S/C19H13ClFN3O4/c20-16-2-1-3-17(21)15(16)11-23-10-12(4-9-18(23)25)19(26)22-13-5-7-14(8-6-13)24(27)28/h1-10H,11H2,(H,22,26). The Labute approximate surface area is 163 Å². The molecule has 1 heterocycles. The number of nitro groups is 1. The van der Waals surface area contributed by atoms with Crippen LogP contribution in [0.4, 0.5) is 15.8 Å². The number of non-ortho nitro benzene ring substituents is 1. The van der Waals surface area contributed by atoms with Crippen molar-refractivity contribution in [3.05, 3.63) is 103 Å². The molecule has 28 heavy (non-hydrogen) atoms. The molecule has 7 nitrogen and oxygen atoms in total. The molecule has 0 radical (unpaired) electrons. The van der Waals surface area contributed by atoms with Gasteiger partial charge in [0.2, 0.25) is 0 Å². The maximum Gasteiger partial charge on any atom is 0.269 e.